The summed E-state index contributed by atoms with van der Waals surface area (Å²) >= 11 is 0. The van der Waals surface area contributed by atoms with E-state index in [1.54, 1.807) is 12.1 Å². The predicted molar refractivity (Wildman–Crippen MR) is 80.6 cm³/mol. The first-order chi connectivity index (χ1) is 11.5. The van der Waals surface area contributed by atoms with Gasteiger partial charge in [-0.3, -0.25) is 0 Å². The molecule has 0 radical (unpaired) electrons. The van der Waals surface area contributed by atoms with E-state index < -0.39 is 11.7 Å². The fraction of sp³-hybridized carbons (Fsp3) is 0.133. The molecule has 0 bridgehead atoms. The molecular formula is C15H12F3N5O. The van der Waals surface area contributed by atoms with Gasteiger partial charge in [0.1, 0.15) is 5.76 Å². The summed E-state index contributed by atoms with van der Waals surface area (Å²) in [4.78, 5) is 4.09. The molecule has 2 N–H and O–H groups in total. The van der Waals surface area contributed by atoms with Crippen LogP contribution in [0.15, 0.2) is 53.3 Å². The van der Waals surface area contributed by atoms with Crippen LogP contribution in [-0.2, 0) is 12.7 Å². The van der Waals surface area contributed by atoms with Gasteiger partial charge in [0.2, 0.25) is 5.95 Å². The van der Waals surface area contributed by atoms with Gasteiger partial charge in [0.05, 0.1) is 30.3 Å². The van der Waals surface area contributed by atoms with Gasteiger partial charge in [-0.25, -0.2) is 0 Å². The Kier molecular flexibility index (Phi) is 4.32. The topological polar surface area (TPSA) is 75.9 Å². The maximum absolute atomic E-state index is 13.0. The van der Waals surface area contributed by atoms with Gasteiger partial charge in [0, 0.05) is 0 Å². The Morgan fingerprint density at radius 2 is 1.92 bits per heavy atom. The lowest BCUT2D eigenvalue weighted by Crippen LogP contribution is -2.10. The zero-order valence-electron chi connectivity index (χ0n) is 12.2. The van der Waals surface area contributed by atoms with Gasteiger partial charge >= 0.3 is 6.18 Å². The molecule has 9 heteroatoms. The number of anilines is 3. The molecule has 3 rings (SSSR count). The average molecular weight is 335 g/mol. The molecule has 0 spiro atoms. The second kappa shape index (κ2) is 6.57. The summed E-state index contributed by atoms with van der Waals surface area (Å²) in [5, 5.41) is 12.9. The van der Waals surface area contributed by atoms with Crippen molar-refractivity contribution in [2.45, 2.75) is 12.7 Å². The van der Waals surface area contributed by atoms with Crippen LogP contribution in [0.25, 0.3) is 0 Å². The minimum atomic E-state index is -4.48. The lowest BCUT2D eigenvalue weighted by atomic mass is 10.1. The van der Waals surface area contributed by atoms with Gasteiger partial charge in [0.15, 0.2) is 5.82 Å². The van der Waals surface area contributed by atoms with Gasteiger partial charge in [-0.1, -0.05) is 12.1 Å². The third-order valence-corrected chi connectivity index (χ3v) is 3.06. The summed E-state index contributed by atoms with van der Waals surface area (Å²) in [6, 6.07) is 8.61. The monoisotopic (exact) mass is 335 g/mol. The van der Waals surface area contributed by atoms with Crippen molar-refractivity contribution in [3.05, 3.63) is 60.2 Å². The van der Waals surface area contributed by atoms with Gasteiger partial charge in [0.25, 0.3) is 0 Å². The molecule has 0 fully saturated rings. The number of rotatable bonds is 5. The molecule has 124 valence electrons. The zero-order valence-corrected chi connectivity index (χ0v) is 12.2. The van der Waals surface area contributed by atoms with Crippen molar-refractivity contribution in [3.63, 3.8) is 0 Å². The minimum absolute atomic E-state index is 0.0452. The molecule has 0 aliphatic heterocycles. The van der Waals surface area contributed by atoms with Gasteiger partial charge < -0.3 is 15.1 Å². The molecule has 0 aliphatic rings. The first-order valence-corrected chi connectivity index (χ1v) is 6.91. The maximum Gasteiger partial charge on any atom is 0.418 e. The maximum atomic E-state index is 13.0. The SMILES string of the molecule is FC(F)(F)c1ccccc1Nc1nncc(NCc2ccco2)n1. The average Bonchev–Trinajstić information content (AvgIpc) is 3.06. The van der Waals surface area contributed by atoms with Gasteiger partial charge in [-0.05, 0) is 24.3 Å². The number of nitrogens with zero attached hydrogens (tertiary/aromatic N) is 3. The number of hydrogen-bond acceptors (Lipinski definition) is 6. The Bertz CT molecular complexity index is 805. The molecule has 0 aliphatic carbocycles. The summed E-state index contributed by atoms with van der Waals surface area (Å²) in [5.74, 6) is 0.995. The summed E-state index contributed by atoms with van der Waals surface area (Å²) in [5.41, 5.74) is -0.947. The van der Waals surface area contributed by atoms with Crippen LogP contribution in [0.4, 0.5) is 30.6 Å². The smallest absolute Gasteiger partial charge is 0.418 e. The highest BCUT2D eigenvalue weighted by molar-refractivity contribution is 5.59. The van der Waals surface area contributed by atoms with E-state index in [9.17, 15) is 13.2 Å². The van der Waals surface area contributed by atoms with Crippen molar-refractivity contribution < 1.29 is 17.6 Å². The fourth-order valence-corrected chi connectivity index (χ4v) is 1.99. The molecule has 24 heavy (non-hydrogen) atoms. The largest absolute Gasteiger partial charge is 0.467 e. The number of alkyl halides is 3. The van der Waals surface area contributed by atoms with Crippen LogP contribution < -0.4 is 10.6 Å². The number of nitrogens with one attached hydrogen (secondary N) is 2. The van der Waals surface area contributed by atoms with E-state index in [4.69, 9.17) is 4.42 Å². The molecule has 0 saturated heterocycles. The first kappa shape index (κ1) is 15.8. The molecular weight excluding hydrogens is 323 g/mol. The highest BCUT2D eigenvalue weighted by Crippen LogP contribution is 2.35. The second-order valence-electron chi connectivity index (χ2n) is 4.77. The highest BCUT2D eigenvalue weighted by Gasteiger charge is 2.33. The predicted octanol–water partition coefficient (Wildman–Crippen LogP) is 3.84. The van der Waals surface area contributed by atoms with Crippen LogP contribution in [0, 0.1) is 0 Å². The summed E-state index contributed by atoms with van der Waals surface area (Å²) in [6.07, 6.45) is -1.58. The Morgan fingerprint density at radius 3 is 2.67 bits per heavy atom. The Balaban J connectivity index is 1.75. The first-order valence-electron chi connectivity index (χ1n) is 6.91. The number of halogens is 3. The molecule has 2 aromatic heterocycles. The van der Waals surface area contributed by atoms with E-state index in [0.29, 0.717) is 18.1 Å². The lowest BCUT2D eigenvalue weighted by Gasteiger charge is -2.13. The lowest BCUT2D eigenvalue weighted by molar-refractivity contribution is -0.136. The van der Waals surface area contributed by atoms with Crippen molar-refractivity contribution in [2.24, 2.45) is 0 Å². The van der Waals surface area contributed by atoms with Crippen molar-refractivity contribution in [1.82, 2.24) is 15.2 Å². The third kappa shape index (κ3) is 3.80. The van der Waals surface area contributed by atoms with Crippen LogP contribution in [0.5, 0.6) is 0 Å². The van der Waals surface area contributed by atoms with E-state index >= 15 is 0 Å². The van der Waals surface area contributed by atoms with Crippen molar-refractivity contribution in [2.75, 3.05) is 10.6 Å². The van der Waals surface area contributed by atoms with Crippen LogP contribution in [0.2, 0.25) is 0 Å². The third-order valence-electron chi connectivity index (χ3n) is 3.06. The summed E-state index contributed by atoms with van der Waals surface area (Å²) in [7, 11) is 0. The molecule has 0 unspecified atom stereocenters. The minimum Gasteiger partial charge on any atom is -0.467 e. The zero-order chi connectivity index (χ0) is 17.0. The number of para-hydroxylation sites is 1. The van der Waals surface area contributed by atoms with Crippen LogP contribution in [0.3, 0.4) is 0 Å². The van der Waals surface area contributed by atoms with Crippen molar-refractivity contribution in [1.29, 1.82) is 0 Å². The summed E-state index contributed by atoms with van der Waals surface area (Å²) < 4.78 is 44.1. The number of furan rings is 1. The molecule has 0 amide bonds. The Labute approximate surface area is 134 Å². The highest BCUT2D eigenvalue weighted by atomic mass is 19.4. The fourth-order valence-electron chi connectivity index (χ4n) is 1.99. The van der Waals surface area contributed by atoms with Crippen molar-refractivity contribution >= 4 is 17.5 Å². The van der Waals surface area contributed by atoms with E-state index in [-0.39, 0.29) is 11.6 Å². The van der Waals surface area contributed by atoms with Crippen LogP contribution in [-0.4, -0.2) is 15.2 Å². The van der Waals surface area contributed by atoms with Crippen LogP contribution >= 0.6 is 0 Å². The normalized spacial score (nSPS) is 11.3. The number of hydrogen-bond donors (Lipinski definition) is 2. The Morgan fingerprint density at radius 1 is 1.08 bits per heavy atom. The standard InChI is InChI=1S/C15H12F3N5O/c16-15(17,18)11-5-1-2-6-12(11)21-14-22-13(9-20-23-14)19-8-10-4-3-7-24-10/h1-7,9H,8H2,(H2,19,21,22,23). The number of aromatic nitrogens is 3. The molecule has 0 saturated carbocycles. The molecule has 2 heterocycles. The van der Waals surface area contributed by atoms with E-state index in [1.807, 2.05) is 0 Å². The second-order valence-corrected chi connectivity index (χ2v) is 4.77. The van der Waals surface area contributed by atoms with Gasteiger partial charge in [-0.15, -0.1) is 5.10 Å². The quantitative estimate of drug-likeness (QED) is 0.738. The molecule has 0 atom stereocenters. The Hall–Kier alpha value is -3.10. The van der Waals surface area contributed by atoms with Gasteiger partial charge in [-0.2, -0.15) is 23.3 Å². The van der Waals surface area contributed by atoms with Crippen LogP contribution in [0.1, 0.15) is 11.3 Å². The van der Waals surface area contributed by atoms with Crippen molar-refractivity contribution in [3.8, 4) is 0 Å². The number of benzene rings is 1. The van der Waals surface area contributed by atoms with E-state index in [1.165, 1.54) is 30.7 Å². The van der Waals surface area contributed by atoms with E-state index in [0.717, 1.165) is 6.07 Å². The van der Waals surface area contributed by atoms with E-state index in [2.05, 4.69) is 25.8 Å². The molecule has 6 nitrogen and oxygen atoms in total. The molecule has 3 aromatic rings. The summed E-state index contributed by atoms with van der Waals surface area (Å²) in [6.45, 7) is 0.365. The molecule has 1 aromatic carbocycles.